The molecule has 7 nitrogen and oxygen atoms in total. The number of imide groups is 1. The zero-order chi connectivity index (χ0) is 21.5. The quantitative estimate of drug-likeness (QED) is 0.535. The molecule has 3 fully saturated rings. The Morgan fingerprint density at radius 2 is 1.52 bits per heavy atom. The third kappa shape index (κ3) is 3.50. The number of rotatable bonds is 5. The van der Waals surface area contributed by atoms with Crippen LogP contribution >= 0.6 is 0 Å². The summed E-state index contributed by atoms with van der Waals surface area (Å²) in [6.07, 6.45) is 6.44. The number of carbonyl (C=O) groups is 3. The van der Waals surface area contributed by atoms with Crippen LogP contribution in [0.5, 0.6) is 5.75 Å². The van der Waals surface area contributed by atoms with Crippen molar-refractivity contribution in [2.45, 2.75) is 19.3 Å². The fourth-order valence-electron chi connectivity index (χ4n) is 5.73. The maximum Gasteiger partial charge on any atom is 0.233 e. The smallest absolute Gasteiger partial charge is 0.233 e. The number of anilines is 1. The molecule has 6 rings (SSSR count). The summed E-state index contributed by atoms with van der Waals surface area (Å²) in [4.78, 5) is 44.1. The molecule has 0 N–H and O–H groups in total. The van der Waals surface area contributed by atoms with Crippen LogP contribution in [0.2, 0.25) is 0 Å². The molecule has 2 bridgehead atoms. The second kappa shape index (κ2) is 8.02. The van der Waals surface area contributed by atoms with Crippen molar-refractivity contribution in [3.63, 3.8) is 0 Å². The highest BCUT2D eigenvalue weighted by molar-refractivity contribution is 6.06. The van der Waals surface area contributed by atoms with Gasteiger partial charge in [-0.2, -0.15) is 0 Å². The van der Waals surface area contributed by atoms with Gasteiger partial charge in [-0.15, -0.1) is 0 Å². The number of carbonyl (C=O) groups excluding carboxylic acids is 3. The molecule has 3 aliphatic carbocycles. The Balaban J connectivity index is 1.14. The van der Waals surface area contributed by atoms with Gasteiger partial charge in [-0.25, -0.2) is 0 Å². The molecule has 4 atom stereocenters. The van der Waals surface area contributed by atoms with E-state index in [0.717, 1.165) is 37.4 Å². The molecule has 5 aliphatic rings. The molecular formula is C24H29N3O4. The van der Waals surface area contributed by atoms with Crippen LogP contribution in [0.1, 0.15) is 19.3 Å². The van der Waals surface area contributed by atoms with E-state index in [4.69, 9.17) is 4.74 Å². The number of piperazine rings is 1. The fourth-order valence-corrected chi connectivity index (χ4v) is 5.73. The van der Waals surface area contributed by atoms with E-state index in [1.165, 1.54) is 4.90 Å². The number of ether oxygens (including phenoxy) is 1. The highest BCUT2D eigenvalue weighted by atomic mass is 16.5. The van der Waals surface area contributed by atoms with E-state index in [2.05, 4.69) is 17.1 Å². The molecule has 2 heterocycles. The largest absolute Gasteiger partial charge is 0.497 e. The molecule has 7 heteroatoms. The first kappa shape index (κ1) is 20.1. The Labute approximate surface area is 182 Å². The van der Waals surface area contributed by atoms with Crippen LogP contribution < -0.4 is 9.64 Å². The van der Waals surface area contributed by atoms with Gasteiger partial charge in [-0.1, -0.05) is 12.2 Å². The predicted octanol–water partition coefficient (Wildman–Crippen LogP) is 1.93. The SMILES string of the molecule is COc1ccc(N2CCN(C(=O)CCN3C(=O)[C@@H]4[C@@H](C3=O)[C@H]3C=C[C@H]4CC3)CC2)cc1. The van der Waals surface area contributed by atoms with Crippen molar-refractivity contribution in [3.8, 4) is 5.75 Å². The number of allylic oxidation sites excluding steroid dienone is 2. The van der Waals surface area contributed by atoms with E-state index >= 15 is 0 Å². The number of benzene rings is 1. The maximum atomic E-state index is 12.9. The van der Waals surface area contributed by atoms with Crippen LogP contribution in [0.4, 0.5) is 5.69 Å². The minimum Gasteiger partial charge on any atom is -0.497 e. The lowest BCUT2D eigenvalue weighted by Crippen LogP contribution is -2.49. The van der Waals surface area contributed by atoms with E-state index in [1.54, 1.807) is 7.11 Å². The lowest BCUT2D eigenvalue weighted by Gasteiger charge is -2.38. The number of methoxy groups -OCH3 is 1. The van der Waals surface area contributed by atoms with Crippen molar-refractivity contribution >= 4 is 23.4 Å². The van der Waals surface area contributed by atoms with Crippen molar-refractivity contribution in [2.75, 3.05) is 44.7 Å². The first-order valence-electron chi connectivity index (χ1n) is 11.3. The van der Waals surface area contributed by atoms with Gasteiger partial charge in [0.05, 0.1) is 18.9 Å². The molecule has 0 aromatic heterocycles. The van der Waals surface area contributed by atoms with Crippen molar-refractivity contribution < 1.29 is 19.1 Å². The van der Waals surface area contributed by atoms with Gasteiger partial charge in [-0.05, 0) is 48.9 Å². The molecule has 0 spiro atoms. The molecule has 1 saturated carbocycles. The zero-order valence-electron chi connectivity index (χ0n) is 17.9. The Morgan fingerprint density at radius 3 is 2.03 bits per heavy atom. The topological polar surface area (TPSA) is 70.2 Å². The van der Waals surface area contributed by atoms with Crippen LogP contribution in [0.25, 0.3) is 0 Å². The van der Waals surface area contributed by atoms with E-state index in [-0.39, 0.29) is 54.4 Å². The molecule has 31 heavy (non-hydrogen) atoms. The number of hydrogen-bond acceptors (Lipinski definition) is 5. The van der Waals surface area contributed by atoms with Gasteiger partial charge < -0.3 is 14.5 Å². The third-order valence-electron chi connectivity index (χ3n) is 7.47. The van der Waals surface area contributed by atoms with Crippen LogP contribution in [0, 0.1) is 23.7 Å². The van der Waals surface area contributed by atoms with Gasteiger partial charge in [0.1, 0.15) is 5.75 Å². The number of likely N-dealkylation sites (tertiary alicyclic amines) is 1. The highest BCUT2D eigenvalue weighted by Gasteiger charge is 2.56. The third-order valence-corrected chi connectivity index (χ3v) is 7.47. The van der Waals surface area contributed by atoms with Gasteiger partial charge in [0.25, 0.3) is 0 Å². The molecule has 2 aliphatic heterocycles. The monoisotopic (exact) mass is 423 g/mol. The average molecular weight is 424 g/mol. The molecule has 1 aromatic carbocycles. The van der Waals surface area contributed by atoms with E-state index in [9.17, 15) is 14.4 Å². The first-order chi connectivity index (χ1) is 15.1. The van der Waals surface area contributed by atoms with Crippen molar-refractivity contribution in [1.82, 2.24) is 9.80 Å². The number of nitrogens with zero attached hydrogens (tertiary/aromatic N) is 3. The zero-order valence-corrected chi connectivity index (χ0v) is 17.9. The molecule has 2 saturated heterocycles. The number of hydrogen-bond donors (Lipinski definition) is 0. The van der Waals surface area contributed by atoms with Gasteiger partial charge in [0.15, 0.2) is 0 Å². The van der Waals surface area contributed by atoms with Crippen LogP contribution in [-0.2, 0) is 14.4 Å². The Bertz CT molecular complexity index is 872. The van der Waals surface area contributed by atoms with Gasteiger partial charge in [-0.3, -0.25) is 19.3 Å². The van der Waals surface area contributed by atoms with Gasteiger partial charge in [0, 0.05) is 44.8 Å². The van der Waals surface area contributed by atoms with Gasteiger partial charge in [0.2, 0.25) is 17.7 Å². The van der Waals surface area contributed by atoms with E-state index in [1.807, 2.05) is 29.2 Å². The van der Waals surface area contributed by atoms with Gasteiger partial charge >= 0.3 is 0 Å². The van der Waals surface area contributed by atoms with Crippen molar-refractivity contribution in [3.05, 3.63) is 36.4 Å². The molecule has 3 amide bonds. The normalized spacial score (nSPS) is 29.5. The summed E-state index contributed by atoms with van der Waals surface area (Å²) in [6, 6.07) is 7.94. The molecule has 0 radical (unpaired) electrons. The molecule has 0 unspecified atom stereocenters. The Morgan fingerprint density at radius 1 is 0.935 bits per heavy atom. The lowest BCUT2D eigenvalue weighted by atomic mass is 9.63. The minimum atomic E-state index is -0.195. The summed E-state index contributed by atoms with van der Waals surface area (Å²) in [5.41, 5.74) is 1.12. The second-order valence-electron chi connectivity index (χ2n) is 8.99. The average Bonchev–Trinajstić information content (AvgIpc) is 3.10. The van der Waals surface area contributed by atoms with Crippen LogP contribution in [0.3, 0.4) is 0 Å². The second-order valence-corrected chi connectivity index (χ2v) is 8.99. The fraction of sp³-hybridized carbons (Fsp3) is 0.542. The van der Waals surface area contributed by atoms with Crippen molar-refractivity contribution in [2.24, 2.45) is 23.7 Å². The predicted molar refractivity (Wildman–Crippen MR) is 115 cm³/mol. The highest BCUT2D eigenvalue weighted by Crippen LogP contribution is 2.49. The summed E-state index contributed by atoms with van der Waals surface area (Å²) >= 11 is 0. The van der Waals surface area contributed by atoms with Crippen LogP contribution in [-0.4, -0.2) is 67.4 Å². The molecular weight excluding hydrogens is 394 g/mol. The Kier molecular flexibility index (Phi) is 5.20. The summed E-state index contributed by atoms with van der Waals surface area (Å²) in [6.45, 7) is 3.03. The molecule has 1 aromatic rings. The summed E-state index contributed by atoms with van der Waals surface area (Å²) < 4.78 is 5.21. The molecule has 164 valence electrons. The standard InChI is InChI=1S/C24H29N3O4/c1-31-19-8-6-18(7-9-19)25-12-14-26(15-13-25)20(28)10-11-27-23(29)21-16-2-3-17(5-4-16)22(21)24(27)30/h2-3,6-9,16-17,21-22H,4-5,10-15H2,1H3/t16-,17-,21-,22-/m0/s1. The van der Waals surface area contributed by atoms with Crippen LogP contribution in [0.15, 0.2) is 36.4 Å². The summed E-state index contributed by atoms with van der Waals surface area (Å²) in [5.74, 6) is 0.714. The first-order valence-corrected chi connectivity index (χ1v) is 11.3. The van der Waals surface area contributed by atoms with E-state index in [0.29, 0.717) is 13.1 Å². The Hall–Kier alpha value is -2.83. The summed E-state index contributed by atoms with van der Waals surface area (Å²) in [5, 5.41) is 0. The summed E-state index contributed by atoms with van der Waals surface area (Å²) in [7, 11) is 1.65. The van der Waals surface area contributed by atoms with E-state index < -0.39 is 0 Å². The number of fused-ring (bicyclic) bond motifs is 1. The van der Waals surface area contributed by atoms with Crippen molar-refractivity contribution in [1.29, 1.82) is 0 Å². The minimum absolute atomic E-state index is 0.0194. The lowest BCUT2D eigenvalue weighted by molar-refractivity contribution is -0.141. The maximum absolute atomic E-state index is 12.9. The number of amides is 3.